The van der Waals surface area contributed by atoms with Gasteiger partial charge in [0.2, 0.25) is 0 Å². The molecule has 1 N–H and O–H groups in total. The van der Waals surface area contributed by atoms with Crippen molar-refractivity contribution in [3.05, 3.63) is 63.6 Å². The van der Waals surface area contributed by atoms with Crippen LogP contribution in [0, 0.1) is 17.5 Å². The van der Waals surface area contributed by atoms with E-state index < -0.39 is 23.1 Å². The summed E-state index contributed by atoms with van der Waals surface area (Å²) in [6.07, 6.45) is 1.91. The molecule has 0 saturated carbocycles. The molecule has 0 amide bonds. The molecule has 1 unspecified atom stereocenters. The molecule has 1 aromatic heterocycles. The largest absolute Gasteiger partial charge is 0.385 e. The van der Waals surface area contributed by atoms with Crippen LogP contribution in [0.25, 0.3) is 0 Å². The van der Waals surface area contributed by atoms with Crippen molar-refractivity contribution in [1.29, 1.82) is 0 Å². The van der Waals surface area contributed by atoms with Gasteiger partial charge in [0.15, 0.2) is 0 Å². The van der Waals surface area contributed by atoms with E-state index in [0.717, 1.165) is 18.3 Å². The molecule has 1 heterocycles. The molecule has 0 spiro atoms. The van der Waals surface area contributed by atoms with Gasteiger partial charge in [-0.05, 0) is 41.1 Å². The van der Waals surface area contributed by atoms with Gasteiger partial charge in [-0.15, -0.1) is 0 Å². The van der Waals surface area contributed by atoms with Gasteiger partial charge in [-0.1, -0.05) is 0 Å². The second-order valence-electron chi connectivity index (χ2n) is 4.66. The van der Waals surface area contributed by atoms with Gasteiger partial charge in [-0.25, -0.2) is 13.2 Å². The Bertz CT molecular complexity index is 646. The third-order valence-corrected chi connectivity index (χ3v) is 3.60. The highest BCUT2D eigenvalue weighted by Crippen LogP contribution is 2.30. The van der Waals surface area contributed by atoms with Crippen LogP contribution < -0.4 is 0 Å². The Morgan fingerprint density at radius 2 is 1.95 bits per heavy atom. The van der Waals surface area contributed by atoms with E-state index in [0.29, 0.717) is 0 Å². The summed E-state index contributed by atoms with van der Waals surface area (Å²) < 4.78 is 40.8. The van der Waals surface area contributed by atoms with E-state index in [4.69, 9.17) is 0 Å². The normalized spacial score (nSPS) is 14.1. The number of benzene rings is 1. The maximum absolute atomic E-state index is 13.9. The van der Waals surface area contributed by atoms with Crippen molar-refractivity contribution in [2.75, 3.05) is 0 Å². The Kier molecular flexibility index (Phi) is 4.15. The van der Waals surface area contributed by atoms with Crippen LogP contribution in [0.2, 0.25) is 0 Å². The van der Waals surface area contributed by atoms with E-state index in [2.05, 4.69) is 20.9 Å². The molecule has 0 aliphatic carbocycles. The van der Waals surface area contributed by atoms with Crippen LogP contribution in [0.15, 0.2) is 35.1 Å². The minimum Gasteiger partial charge on any atom is -0.385 e. The quantitative estimate of drug-likeness (QED) is 0.860. The van der Waals surface area contributed by atoms with Crippen LogP contribution in [0.4, 0.5) is 13.2 Å². The van der Waals surface area contributed by atoms with Gasteiger partial charge in [0.1, 0.15) is 17.5 Å². The topological polar surface area (TPSA) is 33.1 Å². The van der Waals surface area contributed by atoms with Crippen molar-refractivity contribution < 1.29 is 18.3 Å². The first-order valence-electron chi connectivity index (χ1n) is 5.77. The van der Waals surface area contributed by atoms with Gasteiger partial charge in [0, 0.05) is 23.7 Å². The number of aliphatic hydroxyl groups is 1. The zero-order chi connectivity index (χ0) is 14.9. The summed E-state index contributed by atoms with van der Waals surface area (Å²) in [5.41, 5.74) is -1.76. The lowest BCUT2D eigenvalue weighted by molar-refractivity contribution is 0.0549. The van der Waals surface area contributed by atoms with Crippen molar-refractivity contribution in [2.45, 2.75) is 18.9 Å². The smallest absolute Gasteiger partial charge is 0.143 e. The standard InChI is InChI=1S/C14H11BrF3NO/c1-14(20,8-4-9(16)7-19-6-8)5-10-12(17)3-2-11(15)13(10)18/h2-4,6-7,20H,5H2,1H3. The summed E-state index contributed by atoms with van der Waals surface area (Å²) in [5, 5.41) is 10.3. The molecule has 0 fully saturated rings. The lowest BCUT2D eigenvalue weighted by atomic mass is 9.89. The molecule has 0 aliphatic heterocycles. The van der Waals surface area contributed by atoms with Crippen LogP contribution in [0.5, 0.6) is 0 Å². The predicted molar refractivity (Wildman–Crippen MR) is 71.5 cm³/mol. The first-order chi connectivity index (χ1) is 9.31. The number of hydrogen-bond donors (Lipinski definition) is 1. The van der Waals surface area contributed by atoms with Crippen LogP contribution in [0.3, 0.4) is 0 Å². The van der Waals surface area contributed by atoms with E-state index in [9.17, 15) is 18.3 Å². The maximum Gasteiger partial charge on any atom is 0.143 e. The highest BCUT2D eigenvalue weighted by molar-refractivity contribution is 9.10. The van der Waals surface area contributed by atoms with Gasteiger partial charge >= 0.3 is 0 Å². The summed E-state index contributed by atoms with van der Waals surface area (Å²) in [6, 6.07) is 3.43. The molecular weight excluding hydrogens is 335 g/mol. The maximum atomic E-state index is 13.9. The second-order valence-corrected chi connectivity index (χ2v) is 5.52. The van der Waals surface area contributed by atoms with E-state index in [1.54, 1.807) is 0 Å². The molecule has 0 aliphatic rings. The fourth-order valence-electron chi connectivity index (χ4n) is 1.88. The highest BCUT2D eigenvalue weighted by atomic mass is 79.9. The Labute approximate surface area is 122 Å². The minimum atomic E-state index is -1.64. The van der Waals surface area contributed by atoms with E-state index in [-0.39, 0.29) is 22.0 Å². The number of rotatable bonds is 3. The molecule has 6 heteroatoms. The molecule has 20 heavy (non-hydrogen) atoms. The first-order valence-corrected chi connectivity index (χ1v) is 6.56. The number of hydrogen-bond acceptors (Lipinski definition) is 2. The lowest BCUT2D eigenvalue weighted by Gasteiger charge is -2.24. The number of nitrogens with zero attached hydrogens (tertiary/aromatic N) is 1. The Morgan fingerprint density at radius 3 is 2.60 bits per heavy atom. The average Bonchev–Trinajstić information content (AvgIpc) is 2.39. The van der Waals surface area contributed by atoms with Crippen LogP contribution in [0.1, 0.15) is 18.1 Å². The van der Waals surface area contributed by atoms with Crippen LogP contribution in [-0.2, 0) is 12.0 Å². The number of halogens is 4. The van der Waals surface area contributed by atoms with E-state index in [1.165, 1.54) is 19.2 Å². The van der Waals surface area contributed by atoms with Crippen LogP contribution in [-0.4, -0.2) is 10.1 Å². The van der Waals surface area contributed by atoms with E-state index in [1.807, 2.05) is 0 Å². The fraction of sp³-hybridized carbons (Fsp3) is 0.214. The zero-order valence-corrected chi connectivity index (χ0v) is 12.1. The van der Waals surface area contributed by atoms with Gasteiger partial charge in [0.25, 0.3) is 0 Å². The first kappa shape index (κ1) is 15.0. The fourth-order valence-corrected chi connectivity index (χ4v) is 2.26. The summed E-state index contributed by atoms with van der Waals surface area (Å²) >= 11 is 2.96. The zero-order valence-electron chi connectivity index (χ0n) is 10.5. The van der Waals surface area contributed by atoms with Crippen molar-refractivity contribution >= 4 is 15.9 Å². The summed E-state index contributed by atoms with van der Waals surface area (Å²) in [4.78, 5) is 3.62. The molecule has 0 bridgehead atoms. The third-order valence-electron chi connectivity index (χ3n) is 2.99. The van der Waals surface area contributed by atoms with Gasteiger partial charge < -0.3 is 5.11 Å². The van der Waals surface area contributed by atoms with E-state index >= 15 is 0 Å². The van der Waals surface area contributed by atoms with Crippen molar-refractivity contribution in [1.82, 2.24) is 4.98 Å². The molecule has 106 valence electrons. The monoisotopic (exact) mass is 345 g/mol. The van der Waals surface area contributed by atoms with Crippen molar-refractivity contribution in [2.24, 2.45) is 0 Å². The van der Waals surface area contributed by atoms with Gasteiger partial charge in [-0.2, -0.15) is 0 Å². The van der Waals surface area contributed by atoms with Gasteiger partial charge in [-0.3, -0.25) is 4.98 Å². The summed E-state index contributed by atoms with van der Waals surface area (Å²) in [5.74, 6) is -2.18. The average molecular weight is 346 g/mol. The molecule has 0 saturated heterocycles. The Hall–Kier alpha value is -1.40. The predicted octanol–water partition coefficient (Wildman–Crippen LogP) is 3.71. The molecule has 2 aromatic rings. The SMILES string of the molecule is CC(O)(Cc1c(F)ccc(Br)c1F)c1cncc(F)c1. The molecule has 2 nitrogen and oxygen atoms in total. The minimum absolute atomic E-state index is 0.0991. The molecule has 1 atom stereocenters. The highest BCUT2D eigenvalue weighted by Gasteiger charge is 2.28. The third kappa shape index (κ3) is 3.02. The van der Waals surface area contributed by atoms with Crippen LogP contribution >= 0.6 is 15.9 Å². The molecule has 2 rings (SSSR count). The summed E-state index contributed by atoms with van der Waals surface area (Å²) in [6.45, 7) is 1.35. The molecular formula is C14H11BrF3NO. The molecule has 1 aromatic carbocycles. The lowest BCUT2D eigenvalue weighted by Crippen LogP contribution is -2.26. The second kappa shape index (κ2) is 5.54. The Balaban J connectivity index is 2.40. The number of pyridine rings is 1. The number of aromatic nitrogens is 1. The Morgan fingerprint density at radius 1 is 1.25 bits per heavy atom. The summed E-state index contributed by atoms with van der Waals surface area (Å²) in [7, 11) is 0. The van der Waals surface area contributed by atoms with Gasteiger partial charge in [0.05, 0.1) is 16.3 Å². The van der Waals surface area contributed by atoms with Crippen molar-refractivity contribution in [3.63, 3.8) is 0 Å². The van der Waals surface area contributed by atoms with Crippen molar-refractivity contribution in [3.8, 4) is 0 Å². The molecule has 0 radical (unpaired) electrons.